The molecular formula is C17H12ClN5. The number of aryl methyl sites for hydroxylation is 1. The van der Waals surface area contributed by atoms with Crippen molar-refractivity contribution in [2.45, 2.75) is 20.3 Å². The molecule has 0 bridgehead atoms. The lowest BCUT2D eigenvalue weighted by Crippen LogP contribution is -2.01. The van der Waals surface area contributed by atoms with Crippen LogP contribution in [0.3, 0.4) is 0 Å². The maximum atomic E-state index is 9.10. The quantitative estimate of drug-likeness (QED) is 0.862. The highest BCUT2D eigenvalue weighted by atomic mass is 35.5. The van der Waals surface area contributed by atoms with Crippen LogP contribution in [0.5, 0.6) is 0 Å². The van der Waals surface area contributed by atoms with Crippen LogP contribution in [0.15, 0.2) is 29.5 Å². The topological polar surface area (TPSA) is 96.3 Å². The number of allylic oxidation sites excluding steroid dienone is 2. The highest BCUT2D eigenvalue weighted by Crippen LogP contribution is 2.30. The summed E-state index contributed by atoms with van der Waals surface area (Å²) in [4.78, 5) is 4.52. The fourth-order valence-corrected chi connectivity index (χ4v) is 2.72. The Bertz CT molecular complexity index is 923. The summed E-state index contributed by atoms with van der Waals surface area (Å²) < 4.78 is 0. The highest BCUT2D eigenvalue weighted by Gasteiger charge is 2.11. The Morgan fingerprint density at radius 2 is 1.91 bits per heavy atom. The van der Waals surface area contributed by atoms with Gasteiger partial charge in [0.05, 0.1) is 10.5 Å². The number of aromatic nitrogens is 1. The molecule has 0 saturated heterocycles. The summed E-state index contributed by atoms with van der Waals surface area (Å²) in [6.07, 6.45) is 0.766. The minimum absolute atomic E-state index is 0.0961. The number of hydrogen-bond donors (Lipinski definition) is 1. The first-order valence-corrected chi connectivity index (χ1v) is 7.23. The SMILES string of the molecule is CCc1c(C)nc2ccc(NC(C#N)=C(C#N)C#N)cc2c1Cl. The zero-order chi connectivity index (χ0) is 17.0. The van der Waals surface area contributed by atoms with E-state index in [1.807, 2.05) is 19.9 Å². The number of anilines is 1. The minimum atomic E-state index is -0.269. The summed E-state index contributed by atoms with van der Waals surface area (Å²) in [6, 6.07) is 10.5. The summed E-state index contributed by atoms with van der Waals surface area (Å²) in [6.45, 7) is 3.92. The standard InChI is InChI=1S/C17H12ClN5/c1-3-13-10(2)22-15-5-4-12(6-14(15)17(13)18)23-16(9-21)11(7-19)8-20/h4-6,23H,3H2,1-2H3. The third-order valence-corrected chi connectivity index (χ3v) is 3.86. The van der Waals surface area contributed by atoms with Crippen molar-refractivity contribution in [3.8, 4) is 18.2 Å². The number of pyridine rings is 1. The Balaban J connectivity index is 2.58. The van der Waals surface area contributed by atoms with Gasteiger partial charge in [-0.1, -0.05) is 18.5 Å². The van der Waals surface area contributed by atoms with Crippen LogP contribution in [0.25, 0.3) is 10.9 Å². The molecule has 0 amide bonds. The molecule has 1 aromatic heterocycles. The Morgan fingerprint density at radius 1 is 1.22 bits per heavy atom. The molecule has 2 aromatic rings. The third-order valence-electron chi connectivity index (χ3n) is 3.43. The second-order valence-corrected chi connectivity index (χ2v) is 5.16. The molecule has 1 heterocycles. The van der Waals surface area contributed by atoms with Crippen LogP contribution >= 0.6 is 11.6 Å². The zero-order valence-corrected chi connectivity index (χ0v) is 13.4. The van der Waals surface area contributed by atoms with E-state index in [4.69, 9.17) is 27.4 Å². The lowest BCUT2D eigenvalue weighted by Gasteiger charge is -2.11. The van der Waals surface area contributed by atoms with E-state index in [1.54, 1.807) is 30.3 Å². The van der Waals surface area contributed by atoms with Crippen molar-refractivity contribution < 1.29 is 0 Å². The molecular weight excluding hydrogens is 310 g/mol. The van der Waals surface area contributed by atoms with E-state index in [0.29, 0.717) is 10.7 Å². The maximum absolute atomic E-state index is 9.10. The van der Waals surface area contributed by atoms with E-state index in [2.05, 4.69) is 10.3 Å². The summed E-state index contributed by atoms with van der Waals surface area (Å²) in [5.74, 6) is 0. The first kappa shape index (κ1) is 16.3. The number of halogens is 1. The van der Waals surface area contributed by atoms with Crippen molar-refractivity contribution >= 4 is 28.2 Å². The normalized spacial score (nSPS) is 9.57. The molecule has 1 aromatic carbocycles. The molecule has 0 atom stereocenters. The maximum Gasteiger partial charge on any atom is 0.163 e. The van der Waals surface area contributed by atoms with Crippen LogP contribution < -0.4 is 5.32 Å². The van der Waals surface area contributed by atoms with Gasteiger partial charge in [-0.25, -0.2) is 0 Å². The molecule has 0 radical (unpaired) electrons. The van der Waals surface area contributed by atoms with Crippen molar-refractivity contribution in [1.29, 1.82) is 15.8 Å². The monoisotopic (exact) mass is 321 g/mol. The Kier molecular flexibility index (Phi) is 4.82. The molecule has 23 heavy (non-hydrogen) atoms. The second kappa shape index (κ2) is 6.79. The molecule has 0 spiro atoms. The Morgan fingerprint density at radius 3 is 2.48 bits per heavy atom. The average Bonchev–Trinajstić information content (AvgIpc) is 2.55. The van der Waals surface area contributed by atoms with E-state index >= 15 is 0 Å². The van der Waals surface area contributed by atoms with Crippen molar-refractivity contribution in [3.63, 3.8) is 0 Å². The fourth-order valence-electron chi connectivity index (χ4n) is 2.30. The van der Waals surface area contributed by atoms with Crippen LogP contribution in [-0.2, 0) is 6.42 Å². The number of rotatable bonds is 3. The third kappa shape index (κ3) is 3.09. The van der Waals surface area contributed by atoms with Gasteiger partial charge in [-0.2, -0.15) is 15.8 Å². The first-order valence-electron chi connectivity index (χ1n) is 6.86. The van der Waals surface area contributed by atoms with Gasteiger partial charge in [-0.05, 0) is 37.1 Å². The van der Waals surface area contributed by atoms with Gasteiger partial charge in [-0.15, -0.1) is 0 Å². The number of nitrogens with zero attached hydrogens (tertiary/aromatic N) is 4. The van der Waals surface area contributed by atoms with Gasteiger partial charge < -0.3 is 5.32 Å². The molecule has 0 saturated carbocycles. The summed E-state index contributed by atoms with van der Waals surface area (Å²) in [7, 11) is 0. The van der Waals surface area contributed by atoms with Gasteiger partial charge in [0, 0.05) is 16.8 Å². The predicted molar refractivity (Wildman–Crippen MR) is 88.4 cm³/mol. The molecule has 0 unspecified atom stereocenters. The van der Waals surface area contributed by atoms with Crippen molar-refractivity contribution in [1.82, 2.24) is 4.98 Å². The molecule has 0 aliphatic rings. The fraction of sp³-hybridized carbons (Fsp3) is 0.176. The molecule has 0 aliphatic heterocycles. The Hall–Kier alpha value is -3.07. The zero-order valence-electron chi connectivity index (χ0n) is 12.6. The first-order chi connectivity index (χ1) is 11.0. The summed E-state index contributed by atoms with van der Waals surface area (Å²) >= 11 is 6.46. The predicted octanol–water partition coefficient (Wildman–Crippen LogP) is 4.00. The van der Waals surface area contributed by atoms with Crippen LogP contribution in [0.2, 0.25) is 5.02 Å². The molecule has 0 fully saturated rings. The van der Waals surface area contributed by atoms with Crippen molar-refractivity contribution in [2.75, 3.05) is 5.32 Å². The van der Waals surface area contributed by atoms with E-state index in [1.165, 1.54) is 0 Å². The second-order valence-electron chi connectivity index (χ2n) is 4.79. The molecule has 112 valence electrons. The van der Waals surface area contributed by atoms with E-state index in [0.717, 1.165) is 28.6 Å². The van der Waals surface area contributed by atoms with Gasteiger partial charge in [0.1, 0.15) is 23.9 Å². The van der Waals surface area contributed by atoms with E-state index < -0.39 is 0 Å². The van der Waals surface area contributed by atoms with Gasteiger partial charge in [0.2, 0.25) is 0 Å². The number of nitrogens with one attached hydrogen (secondary N) is 1. The van der Waals surface area contributed by atoms with Crippen molar-refractivity contribution in [3.05, 3.63) is 45.7 Å². The molecule has 0 aliphatic carbocycles. The molecule has 6 heteroatoms. The lowest BCUT2D eigenvalue weighted by atomic mass is 10.1. The van der Waals surface area contributed by atoms with Crippen LogP contribution in [0, 0.1) is 40.9 Å². The average molecular weight is 322 g/mol. The largest absolute Gasteiger partial charge is 0.345 e. The number of fused-ring (bicyclic) bond motifs is 1. The van der Waals surface area contributed by atoms with Crippen LogP contribution in [0.1, 0.15) is 18.2 Å². The smallest absolute Gasteiger partial charge is 0.163 e. The van der Waals surface area contributed by atoms with Gasteiger partial charge >= 0.3 is 0 Å². The summed E-state index contributed by atoms with van der Waals surface area (Å²) in [5, 5.41) is 31.0. The minimum Gasteiger partial charge on any atom is -0.345 e. The van der Waals surface area contributed by atoms with Crippen LogP contribution in [-0.4, -0.2) is 4.98 Å². The number of benzene rings is 1. The van der Waals surface area contributed by atoms with E-state index in [9.17, 15) is 0 Å². The van der Waals surface area contributed by atoms with Gasteiger partial charge in [0.15, 0.2) is 5.57 Å². The molecule has 1 N–H and O–H groups in total. The number of hydrogen-bond acceptors (Lipinski definition) is 5. The van der Waals surface area contributed by atoms with E-state index in [-0.39, 0.29) is 11.3 Å². The van der Waals surface area contributed by atoms with Crippen molar-refractivity contribution in [2.24, 2.45) is 0 Å². The number of nitriles is 3. The van der Waals surface area contributed by atoms with Gasteiger partial charge in [-0.3, -0.25) is 4.98 Å². The Labute approximate surface area is 139 Å². The lowest BCUT2D eigenvalue weighted by molar-refractivity contribution is 1.07. The molecule has 5 nitrogen and oxygen atoms in total. The summed E-state index contributed by atoms with van der Waals surface area (Å²) in [5.41, 5.74) is 2.81. The van der Waals surface area contributed by atoms with Gasteiger partial charge in [0.25, 0.3) is 0 Å². The molecule has 2 rings (SSSR count). The highest BCUT2D eigenvalue weighted by molar-refractivity contribution is 6.36. The van der Waals surface area contributed by atoms with Crippen LogP contribution in [0.4, 0.5) is 5.69 Å².